The van der Waals surface area contributed by atoms with Crippen LogP contribution in [-0.4, -0.2) is 30.6 Å². The molecule has 0 aromatic heterocycles. The molecule has 0 saturated carbocycles. The SMILES string of the molecule is CCOC(=O)CC=Cc1cc([N+](=O)[O-])c(C(=O)OC)cc1F. The van der Waals surface area contributed by atoms with Crippen LogP contribution in [0.15, 0.2) is 18.2 Å². The molecule has 0 amide bonds. The molecule has 8 heteroatoms. The zero-order valence-electron chi connectivity index (χ0n) is 12.0. The number of ether oxygens (including phenoxy) is 2. The Labute approximate surface area is 125 Å². The fourth-order valence-corrected chi connectivity index (χ4v) is 1.63. The monoisotopic (exact) mass is 311 g/mol. The predicted molar refractivity (Wildman–Crippen MR) is 74.7 cm³/mol. The van der Waals surface area contributed by atoms with Gasteiger partial charge in [0, 0.05) is 11.6 Å². The van der Waals surface area contributed by atoms with E-state index in [-0.39, 0.29) is 18.6 Å². The Morgan fingerprint density at radius 3 is 2.64 bits per heavy atom. The normalized spacial score (nSPS) is 10.5. The minimum Gasteiger partial charge on any atom is -0.466 e. The molecule has 0 saturated heterocycles. The summed E-state index contributed by atoms with van der Waals surface area (Å²) < 4.78 is 22.9. The van der Waals surface area contributed by atoms with Crippen LogP contribution in [0, 0.1) is 15.9 Å². The van der Waals surface area contributed by atoms with Crippen LogP contribution >= 0.6 is 0 Å². The highest BCUT2D eigenvalue weighted by molar-refractivity contribution is 5.94. The molecule has 1 aromatic rings. The van der Waals surface area contributed by atoms with Crippen molar-refractivity contribution < 1.29 is 28.4 Å². The lowest BCUT2D eigenvalue weighted by Gasteiger charge is -2.04. The predicted octanol–water partition coefficient (Wildman–Crippen LogP) is 2.49. The number of methoxy groups -OCH3 is 1. The van der Waals surface area contributed by atoms with Crippen LogP contribution in [0.25, 0.3) is 6.08 Å². The number of nitrogens with zero attached hydrogens (tertiary/aromatic N) is 1. The molecule has 0 aliphatic heterocycles. The summed E-state index contributed by atoms with van der Waals surface area (Å²) in [7, 11) is 1.04. The van der Waals surface area contributed by atoms with Gasteiger partial charge in [0.05, 0.1) is 25.1 Å². The van der Waals surface area contributed by atoms with Crippen molar-refractivity contribution in [3.8, 4) is 0 Å². The van der Waals surface area contributed by atoms with Crippen molar-refractivity contribution in [1.29, 1.82) is 0 Å². The van der Waals surface area contributed by atoms with Gasteiger partial charge < -0.3 is 9.47 Å². The molecule has 1 rings (SSSR count). The number of hydrogen-bond donors (Lipinski definition) is 0. The zero-order valence-corrected chi connectivity index (χ0v) is 12.0. The fraction of sp³-hybridized carbons (Fsp3) is 0.286. The smallest absolute Gasteiger partial charge is 0.344 e. The summed E-state index contributed by atoms with van der Waals surface area (Å²) in [5.74, 6) is -2.35. The lowest BCUT2D eigenvalue weighted by molar-refractivity contribution is -0.385. The molecule has 1 aromatic carbocycles. The summed E-state index contributed by atoms with van der Waals surface area (Å²) in [4.78, 5) is 32.7. The van der Waals surface area contributed by atoms with E-state index in [4.69, 9.17) is 0 Å². The van der Waals surface area contributed by atoms with Gasteiger partial charge in [-0.1, -0.05) is 12.2 Å². The summed E-state index contributed by atoms with van der Waals surface area (Å²) >= 11 is 0. The first kappa shape index (κ1) is 17.3. The van der Waals surface area contributed by atoms with Crippen molar-refractivity contribution in [3.63, 3.8) is 0 Å². The Bertz CT molecular complexity index is 626. The van der Waals surface area contributed by atoms with Gasteiger partial charge in [0.2, 0.25) is 0 Å². The molecular weight excluding hydrogens is 297 g/mol. The molecule has 22 heavy (non-hydrogen) atoms. The Balaban J connectivity index is 3.09. The molecule has 118 valence electrons. The molecule has 0 atom stereocenters. The largest absolute Gasteiger partial charge is 0.466 e. The van der Waals surface area contributed by atoms with Crippen LogP contribution in [0.5, 0.6) is 0 Å². The third kappa shape index (κ3) is 4.37. The van der Waals surface area contributed by atoms with E-state index < -0.39 is 33.9 Å². The van der Waals surface area contributed by atoms with Gasteiger partial charge in [0.25, 0.3) is 5.69 Å². The molecule has 0 fully saturated rings. The van der Waals surface area contributed by atoms with Crippen molar-refractivity contribution >= 4 is 23.7 Å². The zero-order chi connectivity index (χ0) is 16.7. The maximum absolute atomic E-state index is 13.9. The summed E-state index contributed by atoms with van der Waals surface area (Å²) in [6.07, 6.45) is 2.43. The molecule has 0 N–H and O–H groups in total. The number of carbonyl (C=O) groups excluding carboxylic acids is 2. The minimum absolute atomic E-state index is 0.0974. The van der Waals surface area contributed by atoms with Gasteiger partial charge in [-0.05, 0) is 13.0 Å². The molecule has 7 nitrogen and oxygen atoms in total. The Hall–Kier alpha value is -2.77. The van der Waals surface area contributed by atoms with E-state index >= 15 is 0 Å². The van der Waals surface area contributed by atoms with E-state index in [1.807, 2.05) is 0 Å². The average molecular weight is 311 g/mol. The lowest BCUT2D eigenvalue weighted by Crippen LogP contribution is -2.07. The highest BCUT2D eigenvalue weighted by atomic mass is 19.1. The van der Waals surface area contributed by atoms with Crippen LogP contribution in [0.3, 0.4) is 0 Å². The first-order valence-electron chi connectivity index (χ1n) is 6.29. The first-order chi connectivity index (χ1) is 10.4. The molecule has 0 aliphatic rings. The van der Waals surface area contributed by atoms with Crippen molar-refractivity contribution in [2.24, 2.45) is 0 Å². The van der Waals surface area contributed by atoms with Crippen molar-refractivity contribution in [3.05, 3.63) is 45.3 Å². The van der Waals surface area contributed by atoms with Gasteiger partial charge in [0.15, 0.2) is 0 Å². The third-order valence-electron chi connectivity index (χ3n) is 2.60. The van der Waals surface area contributed by atoms with E-state index in [1.54, 1.807) is 6.92 Å². The van der Waals surface area contributed by atoms with Gasteiger partial charge in [-0.2, -0.15) is 0 Å². The Morgan fingerprint density at radius 1 is 1.41 bits per heavy atom. The Morgan fingerprint density at radius 2 is 2.09 bits per heavy atom. The summed E-state index contributed by atoms with van der Waals surface area (Å²) in [5, 5.41) is 10.9. The number of rotatable bonds is 6. The first-order valence-corrected chi connectivity index (χ1v) is 6.29. The summed E-state index contributed by atoms with van der Waals surface area (Å²) in [5.41, 5.74) is -1.18. The average Bonchev–Trinajstić information content (AvgIpc) is 2.47. The molecule has 0 aliphatic carbocycles. The maximum atomic E-state index is 13.9. The van der Waals surface area contributed by atoms with Crippen molar-refractivity contribution in [2.75, 3.05) is 13.7 Å². The fourth-order valence-electron chi connectivity index (χ4n) is 1.63. The van der Waals surface area contributed by atoms with E-state index in [2.05, 4.69) is 9.47 Å². The van der Waals surface area contributed by atoms with Gasteiger partial charge in [0.1, 0.15) is 11.4 Å². The van der Waals surface area contributed by atoms with E-state index in [9.17, 15) is 24.1 Å². The number of hydrogen-bond acceptors (Lipinski definition) is 6. The molecular formula is C14H14FNO6. The second-order valence-electron chi connectivity index (χ2n) is 4.05. The molecule has 0 unspecified atom stereocenters. The highest BCUT2D eigenvalue weighted by Crippen LogP contribution is 2.24. The molecule has 0 spiro atoms. The lowest BCUT2D eigenvalue weighted by atomic mass is 10.1. The topological polar surface area (TPSA) is 95.7 Å². The second-order valence-corrected chi connectivity index (χ2v) is 4.05. The number of nitro benzene ring substituents is 1. The maximum Gasteiger partial charge on any atom is 0.344 e. The van der Waals surface area contributed by atoms with Crippen LogP contribution in [0.1, 0.15) is 29.3 Å². The van der Waals surface area contributed by atoms with Crippen LogP contribution < -0.4 is 0 Å². The number of nitro groups is 1. The standard InChI is InChI=1S/C14H14FNO6/c1-3-22-13(17)6-4-5-9-7-12(16(19)20)10(8-11(9)15)14(18)21-2/h4-5,7-8H,3,6H2,1-2H3. The van der Waals surface area contributed by atoms with Crippen LogP contribution in [-0.2, 0) is 14.3 Å². The van der Waals surface area contributed by atoms with Gasteiger partial charge in [-0.25, -0.2) is 9.18 Å². The van der Waals surface area contributed by atoms with Gasteiger partial charge in [-0.3, -0.25) is 14.9 Å². The summed E-state index contributed by atoms with van der Waals surface area (Å²) in [6.45, 7) is 1.87. The second kappa shape index (κ2) is 7.87. The van der Waals surface area contributed by atoms with Crippen molar-refractivity contribution in [1.82, 2.24) is 0 Å². The van der Waals surface area contributed by atoms with Crippen LogP contribution in [0.4, 0.5) is 10.1 Å². The van der Waals surface area contributed by atoms with Crippen molar-refractivity contribution in [2.45, 2.75) is 13.3 Å². The quantitative estimate of drug-likeness (QED) is 0.455. The minimum atomic E-state index is -1.01. The number of esters is 2. The van der Waals surface area contributed by atoms with Crippen LogP contribution in [0.2, 0.25) is 0 Å². The summed E-state index contributed by atoms with van der Waals surface area (Å²) in [6, 6.07) is 1.64. The van der Waals surface area contributed by atoms with Gasteiger partial charge in [-0.15, -0.1) is 0 Å². The van der Waals surface area contributed by atoms with Gasteiger partial charge >= 0.3 is 11.9 Å². The Kier molecular flexibility index (Phi) is 6.18. The number of carbonyl (C=O) groups is 2. The highest BCUT2D eigenvalue weighted by Gasteiger charge is 2.23. The number of benzene rings is 1. The molecule has 0 radical (unpaired) electrons. The molecule has 0 bridgehead atoms. The third-order valence-corrected chi connectivity index (χ3v) is 2.60. The van der Waals surface area contributed by atoms with E-state index in [1.165, 1.54) is 12.2 Å². The number of halogens is 1. The van der Waals surface area contributed by atoms with E-state index in [0.29, 0.717) is 0 Å². The van der Waals surface area contributed by atoms with E-state index in [0.717, 1.165) is 19.2 Å². The molecule has 0 heterocycles.